The minimum atomic E-state index is -4.94. The number of ketones is 1. The van der Waals surface area contributed by atoms with Gasteiger partial charge < -0.3 is 10.0 Å². The molecular formula is C26H31Cl2F3N4O4. The number of aromatic nitrogens is 3. The van der Waals surface area contributed by atoms with Crippen molar-refractivity contribution in [3.05, 3.63) is 45.5 Å². The van der Waals surface area contributed by atoms with Gasteiger partial charge in [0, 0.05) is 18.9 Å². The third kappa shape index (κ3) is 6.74. The van der Waals surface area contributed by atoms with E-state index >= 15 is 0 Å². The van der Waals surface area contributed by atoms with Gasteiger partial charge in [-0.3, -0.25) is 24.0 Å². The Morgan fingerprint density at radius 1 is 1.15 bits per heavy atom. The van der Waals surface area contributed by atoms with E-state index in [0.29, 0.717) is 0 Å². The molecule has 1 aliphatic rings. The van der Waals surface area contributed by atoms with E-state index in [4.69, 9.17) is 23.2 Å². The summed E-state index contributed by atoms with van der Waals surface area (Å²) in [5, 5.41) is 13.5. The van der Waals surface area contributed by atoms with Gasteiger partial charge >= 0.3 is 12.1 Å². The Kier molecular flexibility index (Phi) is 8.77. The average molecular weight is 591 g/mol. The molecule has 3 atom stereocenters. The Bertz CT molecular complexity index is 1250. The van der Waals surface area contributed by atoms with Crippen molar-refractivity contribution in [3.63, 3.8) is 0 Å². The van der Waals surface area contributed by atoms with E-state index in [1.54, 1.807) is 34.6 Å². The second kappa shape index (κ2) is 11.1. The molecule has 0 radical (unpaired) electrons. The van der Waals surface area contributed by atoms with Gasteiger partial charge in [0.1, 0.15) is 0 Å². The number of rotatable bonds is 7. The van der Waals surface area contributed by atoms with Crippen molar-refractivity contribution in [2.75, 3.05) is 13.1 Å². The summed E-state index contributed by atoms with van der Waals surface area (Å²) in [6, 6.07) is -0.761. The highest BCUT2D eigenvalue weighted by Gasteiger charge is 2.47. The molecule has 39 heavy (non-hydrogen) atoms. The summed E-state index contributed by atoms with van der Waals surface area (Å²) in [6.45, 7) is 7.98. The van der Waals surface area contributed by atoms with Crippen molar-refractivity contribution in [1.29, 1.82) is 0 Å². The molecule has 0 aromatic carbocycles. The summed E-state index contributed by atoms with van der Waals surface area (Å²) in [5.74, 6) is -3.12. The van der Waals surface area contributed by atoms with E-state index in [0.717, 1.165) is 15.8 Å². The largest absolute Gasteiger partial charge is 0.481 e. The van der Waals surface area contributed by atoms with Crippen LogP contribution in [-0.2, 0) is 11.0 Å². The Morgan fingerprint density at radius 2 is 1.74 bits per heavy atom. The number of carbonyl (C=O) groups excluding carboxylic acids is 2. The van der Waals surface area contributed by atoms with E-state index in [2.05, 4.69) is 10.1 Å². The molecule has 0 bridgehead atoms. The first-order valence-electron chi connectivity index (χ1n) is 12.4. The molecule has 0 unspecified atom stereocenters. The van der Waals surface area contributed by atoms with Gasteiger partial charge in [0.2, 0.25) is 0 Å². The lowest BCUT2D eigenvalue weighted by Crippen LogP contribution is -2.42. The van der Waals surface area contributed by atoms with Gasteiger partial charge in [0.25, 0.3) is 5.91 Å². The van der Waals surface area contributed by atoms with Crippen LogP contribution in [0.15, 0.2) is 18.6 Å². The van der Waals surface area contributed by atoms with Gasteiger partial charge in [-0.25, -0.2) is 0 Å². The molecule has 1 N–H and O–H groups in total. The number of pyridine rings is 1. The summed E-state index contributed by atoms with van der Waals surface area (Å²) < 4.78 is 44.2. The molecule has 1 amide bonds. The number of nitrogens with zero attached hydrogens (tertiary/aromatic N) is 4. The second-order valence-corrected chi connectivity index (χ2v) is 12.4. The third-order valence-electron chi connectivity index (χ3n) is 6.97. The van der Waals surface area contributed by atoms with Crippen LogP contribution in [0.1, 0.15) is 86.3 Å². The number of carboxylic acids is 1. The maximum Gasteiger partial charge on any atom is 0.433 e. The molecular weight excluding hydrogens is 560 g/mol. The lowest BCUT2D eigenvalue weighted by Gasteiger charge is -2.39. The maximum atomic E-state index is 14.5. The molecule has 1 aliphatic carbocycles. The van der Waals surface area contributed by atoms with Gasteiger partial charge in [0.15, 0.2) is 11.5 Å². The molecule has 8 nitrogen and oxygen atoms in total. The fourth-order valence-corrected chi connectivity index (χ4v) is 5.76. The summed E-state index contributed by atoms with van der Waals surface area (Å²) in [5.41, 5.74) is -3.63. The van der Waals surface area contributed by atoms with Crippen LogP contribution in [-0.4, -0.2) is 55.5 Å². The van der Waals surface area contributed by atoms with Gasteiger partial charge in [-0.05, 0) is 37.5 Å². The summed E-state index contributed by atoms with van der Waals surface area (Å²) in [4.78, 5) is 43.3. The number of aliphatic carboxylic acids is 1. The predicted octanol–water partition coefficient (Wildman–Crippen LogP) is 6.43. The predicted molar refractivity (Wildman–Crippen MR) is 139 cm³/mol. The molecule has 13 heteroatoms. The number of halogens is 5. The minimum absolute atomic E-state index is 0.0425. The van der Waals surface area contributed by atoms with Crippen LogP contribution < -0.4 is 0 Å². The van der Waals surface area contributed by atoms with Crippen molar-refractivity contribution in [2.45, 2.75) is 66.1 Å². The SMILES string of the molecule is C[C@H]1C[C@@](C)(C(=O)O)CC[C@H]1n1ncc(C(=O)N(CC(=O)c2c(Cl)cncc2Cl)CC(C)(C)C)c1C(F)(F)F. The van der Waals surface area contributed by atoms with E-state index in [1.165, 1.54) is 12.4 Å². The molecule has 0 saturated heterocycles. The number of hydrogen-bond donors (Lipinski definition) is 1. The van der Waals surface area contributed by atoms with Crippen molar-refractivity contribution in [3.8, 4) is 0 Å². The first-order valence-corrected chi connectivity index (χ1v) is 13.1. The summed E-state index contributed by atoms with van der Waals surface area (Å²) in [6.07, 6.45) is -1.18. The standard InChI is InChI=1S/C26H31Cl2F3N4O4/c1-14-8-25(5,23(38)39)7-6-18(14)35-21(26(29,30)31)15(9-33-35)22(37)34(13-24(2,3)4)12-19(36)20-16(27)10-32-11-17(20)28/h9-11,14,18H,6-8,12-13H2,1-5H3,(H,38,39)/t14-,18+,25-/m0/s1. The summed E-state index contributed by atoms with van der Waals surface area (Å²) in [7, 11) is 0. The van der Waals surface area contributed by atoms with Gasteiger partial charge in [0.05, 0.1) is 45.4 Å². The zero-order valence-electron chi connectivity index (χ0n) is 22.3. The summed E-state index contributed by atoms with van der Waals surface area (Å²) >= 11 is 12.2. The Morgan fingerprint density at radius 3 is 2.23 bits per heavy atom. The Labute approximate surface area is 234 Å². The molecule has 2 aromatic rings. The molecule has 1 fully saturated rings. The third-order valence-corrected chi connectivity index (χ3v) is 7.54. The smallest absolute Gasteiger partial charge is 0.433 e. The average Bonchev–Trinajstić information content (AvgIpc) is 3.22. The second-order valence-electron chi connectivity index (χ2n) is 11.6. The van der Waals surface area contributed by atoms with Crippen LogP contribution in [0.25, 0.3) is 0 Å². The molecule has 214 valence electrons. The lowest BCUT2D eigenvalue weighted by molar-refractivity contribution is -0.153. The fraction of sp³-hybridized carbons (Fsp3) is 0.577. The van der Waals surface area contributed by atoms with Gasteiger partial charge in [-0.2, -0.15) is 18.3 Å². The molecule has 0 spiro atoms. The zero-order chi connectivity index (χ0) is 29.5. The number of alkyl halides is 3. The number of carbonyl (C=O) groups is 3. The van der Waals surface area contributed by atoms with Crippen LogP contribution in [0.3, 0.4) is 0 Å². The number of Topliss-reactive ketones (excluding diaryl/α,β-unsaturated/α-hetero) is 1. The van der Waals surface area contributed by atoms with Crippen molar-refractivity contribution >= 4 is 40.9 Å². The van der Waals surface area contributed by atoms with Crippen molar-refractivity contribution < 1.29 is 32.7 Å². The Hall–Kier alpha value is -2.66. The van der Waals surface area contributed by atoms with Crippen LogP contribution in [0, 0.1) is 16.7 Å². The number of carboxylic acid groups (broad SMARTS) is 1. The topological polar surface area (TPSA) is 105 Å². The van der Waals surface area contributed by atoms with Gasteiger partial charge in [-0.1, -0.05) is 50.9 Å². The zero-order valence-corrected chi connectivity index (χ0v) is 23.8. The first kappa shape index (κ1) is 30.9. The van der Waals surface area contributed by atoms with Crippen LogP contribution in [0.2, 0.25) is 10.0 Å². The first-order chi connectivity index (χ1) is 17.9. The molecule has 2 aromatic heterocycles. The van der Waals surface area contributed by atoms with Gasteiger partial charge in [-0.15, -0.1) is 0 Å². The van der Waals surface area contributed by atoms with Crippen molar-refractivity contribution in [1.82, 2.24) is 19.7 Å². The van der Waals surface area contributed by atoms with E-state index in [-0.39, 0.29) is 41.4 Å². The number of hydrogen-bond acceptors (Lipinski definition) is 5. The lowest BCUT2D eigenvalue weighted by atomic mass is 9.69. The highest BCUT2D eigenvalue weighted by Crippen LogP contribution is 2.46. The fourth-order valence-electron chi connectivity index (χ4n) is 5.18. The molecule has 1 saturated carbocycles. The maximum absolute atomic E-state index is 14.5. The monoisotopic (exact) mass is 590 g/mol. The van der Waals surface area contributed by atoms with Crippen LogP contribution in [0.4, 0.5) is 13.2 Å². The van der Waals surface area contributed by atoms with E-state index in [9.17, 15) is 32.7 Å². The van der Waals surface area contributed by atoms with Crippen molar-refractivity contribution in [2.24, 2.45) is 16.7 Å². The van der Waals surface area contributed by atoms with E-state index in [1.807, 2.05) is 0 Å². The minimum Gasteiger partial charge on any atom is -0.481 e. The van der Waals surface area contributed by atoms with Crippen LogP contribution in [0.5, 0.6) is 0 Å². The quantitative estimate of drug-likeness (QED) is 0.373. The highest BCUT2D eigenvalue weighted by atomic mass is 35.5. The molecule has 0 aliphatic heterocycles. The Balaban J connectivity index is 2.02. The molecule has 2 heterocycles. The van der Waals surface area contributed by atoms with Crippen LogP contribution >= 0.6 is 23.2 Å². The van der Waals surface area contributed by atoms with E-state index < -0.39 is 64.4 Å². The molecule has 3 rings (SSSR count). The number of amides is 1. The highest BCUT2D eigenvalue weighted by molar-refractivity contribution is 6.39. The normalized spacial score (nSPS) is 22.0.